The molecule has 0 unspecified atom stereocenters. The highest BCUT2D eigenvalue weighted by molar-refractivity contribution is 9.10. The number of nitrogens with one attached hydrogen (secondary N) is 1. The summed E-state index contributed by atoms with van der Waals surface area (Å²) in [5.74, 6) is 0. The van der Waals surface area contributed by atoms with Gasteiger partial charge in [-0.05, 0) is 60.3 Å². The zero-order chi connectivity index (χ0) is 12.5. The molecule has 1 aliphatic heterocycles. The summed E-state index contributed by atoms with van der Waals surface area (Å²) in [5, 5.41) is 3.61. The number of aryl methyl sites for hydroxylation is 1. The van der Waals surface area contributed by atoms with Gasteiger partial charge in [0.25, 0.3) is 0 Å². The molecule has 0 spiro atoms. The molecule has 1 aromatic rings. The fourth-order valence-electron chi connectivity index (χ4n) is 2.06. The molecule has 3 N–H and O–H groups in total. The van der Waals surface area contributed by atoms with Crippen molar-refractivity contribution in [3.05, 3.63) is 22.2 Å². The molecule has 4 heteroatoms. The molecular formula is C13H19BrN2O. The van der Waals surface area contributed by atoms with Crippen molar-refractivity contribution in [2.45, 2.75) is 32.2 Å². The van der Waals surface area contributed by atoms with E-state index in [9.17, 15) is 0 Å². The summed E-state index contributed by atoms with van der Waals surface area (Å²) < 4.78 is 6.43. The lowest BCUT2D eigenvalue weighted by Crippen LogP contribution is -2.40. The number of nitrogens with two attached hydrogens (primary N) is 1. The van der Waals surface area contributed by atoms with Gasteiger partial charge in [0.05, 0.1) is 0 Å². The van der Waals surface area contributed by atoms with Gasteiger partial charge >= 0.3 is 0 Å². The first-order valence-electron chi connectivity index (χ1n) is 5.92. The SMILES string of the molecule is Cc1cc(NC2(C)CCOCC2)c(Br)cc1N. The van der Waals surface area contributed by atoms with Crippen molar-refractivity contribution in [3.8, 4) is 0 Å². The van der Waals surface area contributed by atoms with Crippen molar-refractivity contribution in [1.82, 2.24) is 0 Å². The number of nitrogen functional groups attached to an aromatic ring is 1. The summed E-state index contributed by atoms with van der Waals surface area (Å²) in [6, 6.07) is 4.06. The predicted octanol–water partition coefficient (Wildman–Crippen LogP) is 3.32. The average molecular weight is 299 g/mol. The molecular weight excluding hydrogens is 280 g/mol. The molecule has 3 nitrogen and oxygen atoms in total. The van der Waals surface area contributed by atoms with Gasteiger partial charge in [0.2, 0.25) is 0 Å². The molecule has 94 valence electrons. The van der Waals surface area contributed by atoms with Crippen LogP contribution in [0.3, 0.4) is 0 Å². The lowest BCUT2D eigenvalue weighted by molar-refractivity contribution is 0.0658. The third-order valence-electron chi connectivity index (χ3n) is 3.39. The Morgan fingerprint density at radius 2 is 2.00 bits per heavy atom. The monoisotopic (exact) mass is 298 g/mol. The van der Waals surface area contributed by atoms with E-state index >= 15 is 0 Å². The van der Waals surface area contributed by atoms with Gasteiger partial charge in [-0.3, -0.25) is 0 Å². The number of hydrogen-bond acceptors (Lipinski definition) is 3. The number of rotatable bonds is 2. The van der Waals surface area contributed by atoms with E-state index in [4.69, 9.17) is 10.5 Å². The molecule has 1 heterocycles. The maximum atomic E-state index is 5.88. The van der Waals surface area contributed by atoms with E-state index < -0.39 is 0 Å². The van der Waals surface area contributed by atoms with E-state index in [1.54, 1.807) is 0 Å². The van der Waals surface area contributed by atoms with Crippen LogP contribution < -0.4 is 11.1 Å². The highest BCUT2D eigenvalue weighted by atomic mass is 79.9. The van der Waals surface area contributed by atoms with Gasteiger partial charge in [0.15, 0.2) is 0 Å². The van der Waals surface area contributed by atoms with Crippen LogP contribution in [0.25, 0.3) is 0 Å². The number of ether oxygens (including phenoxy) is 1. The average Bonchev–Trinajstić information content (AvgIpc) is 2.26. The Morgan fingerprint density at radius 3 is 2.65 bits per heavy atom. The zero-order valence-electron chi connectivity index (χ0n) is 10.3. The second-order valence-electron chi connectivity index (χ2n) is 4.99. The first-order valence-corrected chi connectivity index (χ1v) is 6.71. The zero-order valence-corrected chi connectivity index (χ0v) is 11.9. The second-order valence-corrected chi connectivity index (χ2v) is 5.84. The van der Waals surface area contributed by atoms with E-state index in [0.29, 0.717) is 0 Å². The standard InChI is InChI=1S/C13H19BrN2O/c1-9-7-12(10(14)8-11(9)15)16-13(2)3-5-17-6-4-13/h7-8,16H,3-6,15H2,1-2H3. The summed E-state index contributed by atoms with van der Waals surface area (Å²) in [4.78, 5) is 0. The Bertz CT molecular complexity index is 414. The van der Waals surface area contributed by atoms with Crippen LogP contribution in [0.4, 0.5) is 11.4 Å². The van der Waals surface area contributed by atoms with E-state index in [-0.39, 0.29) is 5.54 Å². The normalized spacial score (nSPS) is 19.0. The van der Waals surface area contributed by atoms with Crippen LogP contribution in [0.2, 0.25) is 0 Å². The largest absolute Gasteiger partial charge is 0.398 e. The van der Waals surface area contributed by atoms with Crippen molar-refractivity contribution in [2.75, 3.05) is 24.3 Å². The van der Waals surface area contributed by atoms with Gasteiger partial charge in [-0.1, -0.05) is 0 Å². The van der Waals surface area contributed by atoms with Crippen LogP contribution in [-0.2, 0) is 4.74 Å². The summed E-state index contributed by atoms with van der Waals surface area (Å²) in [6.45, 7) is 5.93. The summed E-state index contributed by atoms with van der Waals surface area (Å²) >= 11 is 3.56. The fraction of sp³-hybridized carbons (Fsp3) is 0.538. The first-order chi connectivity index (χ1) is 8.00. The molecule has 0 aromatic heterocycles. The molecule has 0 radical (unpaired) electrons. The number of halogens is 1. The Hall–Kier alpha value is -0.740. The van der Waals surface area contributed by atoms with Crippen molar-refractivity contribution in [3.63, 3.8) is 0 Å². The molecule has 0 atom stereocenters. The van der Waals surface area contributed by atoms with Gasteiger partial charge in [-0.25, -0.2) is 0 Å². The van der Waals surface area contributed by atoms with Gasteiger partial charge in [0, 0.05) is 34.6 Å². The van der Waals surface area contributed by atoms with Crippen LogP contribution in [0, 0.1) is 6.92 Å². The molecule has 17 heavy (non-hydrogen) atoms. The molecule has 0 saturated carbocycles. The molecule has 1 aromatic carbocycles. The lowest BCUT2D eigenvalue weighted by Gasteiger charge is -2.36. The molecule has 0 bridgehead atoms. The van der Waals surface area contributed by atoms with Crippen LogP contribution in [0.1, 0.15) is 25.3 Å². The number of benzene rings is 1. The minimum atomic E-state index is 0.114. The van der Waals surface area contributed by atoms with Crippen LogP contribution in [0.15, 0.2) is 16.6 Å². The summed E-state index contributed by atoms with van der Waals surface area (Å²) in [7, 11) is 0. The fourth-order valence-corrected chi connectivity index (χ4v) is 2.52. The van der Waals surface area contributed by atoms with E-state index in [2.05, 4.69) is 34.2 Å². The maximum Gasteiger partial charge on any atom is 0.0493 e. The topological polar surface area (TPSA) is 47.3 Å². The first kappa shape index (κ1) is 12.7. The van der Waals surface area contributed by atoms with Crippen molar-refractivity contribution < 1.29 is 4.74 Å². The van der Waals surface area contributed by atoms with Crippen LogP contribution >= 0.6 is 15.9 Å². The lowest BCUT2D eigenvalue weighted by atomic mass is 9.92. The highest BCUT2D eigenvalue weighted by Gasteiger charge is 2.27. The Labute approximate surface area is 111 Å². The Balaban J connectivity index is 2.20. The van der Waals surface area contributed by atoms with Crippen molar-refractivity contribution in [2.24, 2.45) is 0 Å². The third kappa shape index (κ3) is 2.93. The van der Waals surface area contributed by atoms with Crippen LogP contribution in [-0.4, -0.2) is 18.8 Å². The Kier molecular flexibility index (Phi) is 3.64. The smallest absolute Gasteiger partial charge is 0.0493 e. The van der Waals surface area contributed by atoms with Gasteiger partial charge in [0.1, 0.15) is 0 Å². The summed E-state index contributed by atoms with van der Waals surface area (Å²) in [6.07, 6.45) is 2.06. The summed E-state index contributed by atoms with van der Waals surface area (Å²) in [5.41, 5.74) is 9.03. The molecule has 1 fully saturated rings. The molecule has 0 amide bonds. The van der Waals surface area contributed by atoms with Crippen molar-refractivity contribution in [1.29, 1.82) is 0 Å². The minimum absolute atomic E-state index is 0.114. The third-order valence-corrected chi connectivity index (χ3v) is 4.04. The number of hydrogen-bond donors (Lipinski definition) is 2. The second kappa shape index (κ2) is 4.86. The van der Waals surface area contributed by atoms with Gasteiger partial charge in [-0.2, -0.15) is 0 Å². The molecule has 2 rings (SSSR count). The maximum absolute atomic E-state index is 5.88. The minimum Gasteiger partial charge on any atom is -0.398 e. The van der Waals surface area contributed by atoms with Crippen LogP contribution in [0.5, 0.6) is 0 Å². The highest BCUT2D eigenvalue weighted by Crippen LogP contribution is 2.32. The van der Waals surface area contributed by atoms with E-state index in [0.717, 1.165) is 47.5 Å². The predicted molar refractivity (Wildman–Crippen MR) is 75.4 cm³/mol. The van der Waals surface area contributed by atoms with E-state index in [1.807, 2.05) is 13.0 Å². The van der Waals surface area contributed by atoms with Gasteiger partial charge < -0.3 is 15.8 Å². The molecule has 1 aliphatic rings. The molecule has 1 saturated heterocycles. The number of anilines is 2. The molecule has 0 aliphatic carbocycles. The quantitative estimate of drug-likeness (QED) is 0.824. The Morgan fingerprint density at radius 1 is 1.35 bits per heavy atom. The van der Waals surface area contributed by atoms with E-state index in [1.165, 1.54) is 0 Å². The van der Waals surface area contributed by atoms with Gasteiger partial charge in [-0.15, -0.1) is 0 Å². The van der Waals surface area contributed by atoms with Crippen molar-refractivity contribution >= 4 is 27.3 Å².